The fraction of sp³-hybridized carbons (Fsp3) is 0.0196. The predicted molar refractivity (Wildman–Crippen MR) is 237 cm³/mol. The number of fused-ring (bicyclic) bond motifs is 9. The normalized spacial score (nSPS) is 14.5. The van der Waals surface area contributed by atoms with E-state index in [4.69, 9.17) is 18.8 Å². The van der Waals surface area contributed by atoms with E-state index in [2.05, 4.69) is 145 Å². The molecule has 1 aliphatic heterocycles. The van der Waals surface area contributed by atoms with Crippen molar-refractivity contribution in [1.29, 1.82) is 0 Å². The van der Waals surface area contributed by atoms with E-state index >= 15 is 0 Å². The molecule has 0 spiro atoms. The van der Waals surface area contributed by atoms with E-state index in [1.54, 1.807) is 11.3 Å². The van der Waals surface area contributed by atoms with Crippen molar-refractivity contribution < 1.29 is 8.83 Å². The SMILES string of the molecule is c1ccc(-c2ccc(C3N=C(c4cccc5c4sc4ccccc45)N=C(c4cccc5oc6cccc(-c7cccc8c7oc7ccccc78)c6c45)N3)cc2)cc1. The summed E-state index contributed by atoms with van der Waals surface area (Å²) in [4.78, 5) is 10.8. The van der Waals surface area contributed by atoms with Crippen LogP contribution in [0.15, 0.2) is 195 Å². The van der Waals surface area contributed by atoms with Gasteiger partial charge in [0.25, 0.3) is 0 Å². The van der Waals surface area contributed by atoms with Crippen LogP contribution >= 0.6 is 11.3 Å². The molecule has 11 aromatic rings. The Hall–Kier alpha value is -7.28. The largest absolute Gasteiger partial charge is 0.456 e. The molecule has 6 heteroatoms. The first-order valence-corrected chi connectivity index (χ1v) is 19.9. The van der Waals surface area contributed by atoms with Crippen molar-refractivity contribution in [2.45, 2.75) is 6.17 Å². The number of nitrogens with one attached hydrogen (secondary N) is 1. The van der Waals surface area contributed by atoms with E-state index in [0.29, 0.717) is 5.84 Å². The van der Waals surface area contributed by atoms with Gasteiger partial charge in [0.1, 0.15) is 34.3 Å². The average molecular weight is 750 g/mol. The third-order valence-electron chi connectivity index (χ3n) is 11.2. The van der Waals surface area contributed by atoms with Crippen LogP contribution in [0.2, 0.25) is 0 Å². The third-order valence-corrected chi connectivity index (χ3v) is 12.4. The van der Waals surface area contributed by atoms with Crippen LogP contribution in [0.1, 0.15) is 22.9 Å². The minimum absolute atomic E-state index is 0.390. The smallest absolute Gasteiger partial charge is 0.160 e. The van der Waals surface area contributed by atoms with Gasteiger partial charge in [-0.05, 0) is 52.6 Å². The van der Waals surface area contributed by atoms with Gasteiger partial charge in [0.05, 0.1) is 0 Å². The predicted octanol–water partition coefficient (Wildman–Crippen LogP) is 13.7. The van der Waals surface area contributed by atoms with E-state index in [9.17, 15) is 0 Å². The molecular weight excluding hydrogens is 719 g/mol. The summed E-state index contributed by atoms with van der Waals surface area (Å²) < 4.78 is 15.6. The summed E-state index contributed by atoms with van der Waals surface area (Å²) in [5.74, 6) is 1.43. The monoisotopic (exact) mass is 749 g/mol. The minimum Gasteiger partial charge on any atom is -0.456 e. The molecule has 3 aromatic heterocycles. The average Bonchev–Trinajstić information content (AvgIpc) is 3.98. The van der Waals surface area contributed by atoms with E-state index in [1.165, 1.54) is 25.7 Å². The van der Waals surface area contributed by atoms with Gasteiger partial charge in [0.15, 0.2) is 5.84 Å². The second-order valence-corrected chi connectivity index (χ2v) is 15.5. The van der Waals surface area contributed by atoms with Crippen molar-refractivity contribution >= 4 is 87.1 Å². The first kappa shape index (κ1) is 32.0. The Morgan fingerprint density at radius 2 is 1.07 bits per heavy atom. The number of benzene rings is 8. The number of para-hydroxylation sites is 2. The summed E-state index contributed by atoms with van der Waals surface area (Å²) in [6.07, 6.45) is -0.390. The number of rotatable bonds is 5. The molecular formula is C51H31N3O2S. The van der Waals surface area contributed by atoms with Gasteiger partial charge in [-0.1, -0.05) is 146 Å². The molecule has 0 bridgehead atoms. The lowest BCUT2D eigenvalue weighted by Crippen LogP contribution is -2.33. The van der Waals surface area contributed by atoms with Crippen molar-refractivity contribution in [2.24, 2.45) is 9.98 Å². The lowest BCUT2D eigenvalue weighted by Gasteiger charge is -2.24. The summed E-state index contributed by atoms with van der Waals surface area (Å²) in [7, 11) is 0. The van der Waals surface area contributed by atoms with Gasteiger partial charge in [0, 0.05) is 58.4 Å². The Morgan fingerprint density at radius 1 is 0.456 bits per heavy atom. The number of thiophene rings is 1. The maximum atomic E-state index is 6.64. The van der Waals surface area contributed by atoms with Crippen LogP contribution in [0, 0.1) is 0 Å². The van der Waals surface area contributed by atoms with Crippen molar-refractivity contribution in [3.63, 3.8) is 0 Å². The molecule has 0 radical (unpaired) electrons. The lowest BCUT2D eigenvalue weighted by molar-refractivity contribution is 0.667. The summed E-state index contributed by atoms with van der Waals surface area (Å²) in [5.41, 5.74) is 10.7. The van der Waals surface area contributed by atoms with Crippen LogP contribution in [0.3, 0.4) is 0 Å². The van der Waals surface area contributed by atoms with E-state index in [1.807, 2.05) is 36.4 Å². The van der Waals surface area contributed by atoms with Crippen molar-refractivity contribution in [2.75, 3.05) is 0 Å². The first-order chi connectivity index (χ1) is 28.2. The standard InChI is InChI=1S/C51H31N3O2S/c1-2-12-30(13-3-1)31-26-28-32(29-27-31)49-52-50(54-51(53-49)40-21-9-19-38-34-15-5-7-25-44(34)57-48(38)40)39-20-11-24-43-46(39)45-35(16-10-23-42(45)55-43)37-18-8-17-36-33-14-4-6-22-41(33)56-47(36)37/h1-29,49H,(H,52,53,54). The Labute approximate surface area is 330 Å². The molecule has 1 atom stereocenters. The molecule has 5 nitrogen and oxygen atoms in total. The van der Waals surface area contributed by atoms with Crippen molar-refractivity contribution in [3.8, 4) is 22.3 Å². The Morgan fingerprint density at radius 3 is 1.91 bits per heavy atom. The lowest BCUT2D eigenvalue weighted by atomic mass is 9.95. The van der Waals surface area contributed by atoms with E-state index < -0.39 is 0 Å². The number of hydrogen-bond acceptors (Lipinski definition) is 6. The van der Waals surface area contributed by atoms with Crippen molar-refractivity contribution in [1.82, 2.24) is 5.32 Å². The summed E-state index contributed by atoms with van der Waals surface area (Å²) in [5, 5.41) is 10.4. The molecule has 0 amide bonds. The van der Waals surface area contributed by atoms with Crippen LogP contribution in [0.5, 0.6) is 0 Å². The van der Waals surface area contributed by atoms with Crippen LogP contribution in [0.25, 0.3) is 86.3 Å². The van der Waals surface area contributed by atoms with Gasteiger partial charge < -0.3 is 14.2 Å². The molecule has 12 rings (SSSR count). The quantitative estimate of drug-likeness (QED) is 0.191. The van der Waals surface area contributed by atoms with Gasteiger partial charge in [-0.25, -0.2) is 9.98 Å². The molecule has 8 aromatic carbocycles. The number of furan rings is 2. The maximum Gasteiger partial charge on any atom is 0.160 e. The maximum absolute atomic E-state index is 6.64. The second kappa shape index (κ2) is 12.6. The highest BCUT2D eigenvalue weighted by atomic mass is 32.1. The highest BCUT2D eigenvalue weighted by molar-refractivity contribution is 7.26. The van der Waals surface area contributed by atoms with E-state index in [0.717, 1.165) is 83.1 Å². The molecule has 268 valence electrons. The fourth-order valence-corrected chi connectivity index (χ4v) is 9.75. The third kappa shape index (κ3) is 5.08. The van der Waals surface area contributed by atoms with Crippen LogP contribution in [-0.2, 0) is 0 Å². The highest BCUT2D eigenvalue weighted by Gasteiger charge is 2.26. The molecule has 4 heterocycles. The van der Waals surface area contributed by atoms with Gasteiger partial charge >= 0.3 is 0 Å². The molecule has 1 aliphatic rings. The van der Waals surface area contributed by atoms with Gasteiger partial charge in [-0.2, -0.15) is 0 Å². The van der Waals surface area contributed by atoms with Gasteiger partial charge in [-0.15, -0.1) is 11.3 Å². The van der Waals surface area contributed by atoms with E-state index in [-0.39, 0.29) is 6.17 Å². The molecule has 0 saturated carbocycles. The summed E-state index contributed by atoms with van der Waals surface area (Å²) in [6, 6.07) is 61.3. The minimum atomic E-state index is -0.390. The molecule has 0 aliphatic carbocycles. The Bertz CT molecular complexity index is 3440. The Kier molecular flexibility index (Phi) is 7.09. The zero-order chi connectivity index (χ0) is 37.5. The number of aliphatic imine (C=N–C) groups is 2. The zero-order valence-electron chi connectivity index (χ0n) is 30.4. The van der Waals surface area contributed by atoms with Crippen LogP contribution < -0.4 is 5.32 Å². The first-order valence-electron chi connectivity index (χ1n) is 19.1. The summed E-state index contributed by atoms with van der Waals surface area (Å²) in [6.45, 7) is 0. The zero-order valence-corrected chi connectivity index (χ0v) is 31.3. The van der Waals surface area contributed by atoms with Crippen LogP contribution in [0.4, 0.5) is 0 Å². The summed E-state index contributed by atoms with van der Waals surface area (Å²) >= 11 is 1.79. The molecule has 1 N–H and O–H groups in total. The van der Waals surface area contributed by atoms with Crippen molar-refractivity contribution in [3.05, 3.63) is 193 Å². The molecule has 57 heavy (non-hydrogen) atoms. The molecule has 0 saturated heterocycles. The number of nitrogens with zero attached hydrogens (tertiary/aromatic N) is 2. The van der Waals surface area contributed by atoms with Gasteiger partial charge in [0.2, 0.25) is 0 Å². The fourth-order valence-electron chi connectivity index (χ4n) is 8.54. The highest BCUT2D eigenvalue weighted by Crippen LogP contribution is 2.43. The number of amidine groups is 2. The topological polar surface area (TPSA) is 63.0 Å². The molecule has 1 unspecified atom stereocenters. The second-order valence-electron chi connectivity index (χ2n) is 14.5. The Balaban J connectivity index is 1.07. The molecule has 0 fully saturated rings. The van der Waals surface area contributed by atoms with Gasteiger partial charge in [-0.3, -0.25) is 0 Å². The number of hydrogen-bond donors (Lipinski definition) is 1. The van der Waals surface area contributed by atoms with Crippen LogP contribution in [-0.4, -0.2) is 11.7 Å².